The van der Waals surface area contributed by atoms with Crippen molar-refractivity contribution in [2.24, 2.45) is 0 Å². The quantitative estimate of drug-likeness (QED) is 0.153. The van der Waals surface area contributed by atoms with E-state index in [0.717, 1.165) is 46.5 Å². The van der Waals surface area contributed by atoms with Gasteiger partial charge >= 0.3 is 11.9 Å². The molecule has 2 saturated heterocycles. The second kappa shape index (κ2) is 16.2. The molecule has 4 atom stereocenters. The van der Waals surface area contributed by atoms with Gasteiger partial charge < -0.3 is 20.0 Å². The Labute approximate surface area is 400 Å². The molecule has 2 N–H and O–H groups in total. The van der Waals surface area contributed by atoms with E-state index in [4.69, 9.17) is 23.2 Å². The van der Waals surface area contributed by atoms with Gasteiger partial charge in [0.25, 0.3) is 0 Å². The van der Waals surface area contributed by atoms with Crippen molar-refractivity contribution in [3.63, 3.8) is 0 Å². The van der Waals surface area contributed by atoms with Crippen LogP contribution < -0.4 is 19.6 Å². The summed E-state index contributed by atoms with van der Waals surface area (Å²) in [5.74, 6) is -2.39. The molecule has 0 radical (unpaired) electrons. The Morgan fingerprint density at radius 3 is 1.22 bits per heavy atom. The van der Waals surface area contributed by atoms with Crippen molar-refractivity contribution in [2.75, 3.05) is 32.7 Å². The summed E-state index contributed by atoms with van der Waals surface area (Å²) in [6, 6.07) is 40.1. The van der Waals surface area contributed by atoms with Gasteiger partial charge in [-0.3, -0.25) is 29.0 Å². The number of benzene rings is 6. The van der Waals surface area contributed by atoms with E-state index in [-0.39, 0.29) is 46.6 Å². The van der Waals surface area contributed by atoms with E-state index < -0.39 is 22.8 Å². The Bertz CT molecular complexity index is 2950. The van der Waals surface area contributed by atoms with Gasteiger partial charge in [-0.25, -0.2) is 9.59 Å². The Morgan fingerprint density at radius 1 is 0.500 bits per heavy atom. The minimum absolute atomic E-state index is 0.0192. The number of amides is 4. The first-order valence-corrected chi connectivity index (χ1v) is 23.3. The molecule has 340 valence electrons. The molecule has 2 spiro atoms. The molecule has 0 bridgehead atoms. The molecule has 4 heterocycles. The van der Waals surface area contributed by atoms with Crippen molar-refractivity contribution in [3.8, 4) is 0 Å². The summed E-state index contributed by atoms with van der Waals surface area (Å²) in [4.78, 5) is 83.2. The Morgan fingerprint density at radius 2 is 0.868 bits per heavy atom. The van der Waals surface area contributed by atoms with Gasteiger partial charge in [-0.1, -0.05) is 83.9 Å². The van der Waals surface area contributed by atoms with Crippen molar-refractivity contribution in [3.05, 3.63) is 177 Å². The predicted octanol–water partition coefficient (Wildman–Crippen LogP) is 10.5. The molecule has 4 aliphatic heterocycles. The van der Waals surface area contributed by atoms with Crippen LogP contribution in [0.5, 0.6) is 0 Å². The van der Waals surface area contributed by atoms with Crippen LogP contribution >= 0.6 is 23.2 Å². The lowest BCUT2D eigenvalue weighted by Crippen LogP contribution is -2.30. The second-order valence-corrected chi connectivity index (χ2v) is 19.1. The number of fused-ring (bicyclic) bond motifs is 4. The summed E-state index contributed by atoms with van der Waals surface area (Å²) in [6.45, 7) is 1.07. The van der Waals surface area contributed by atoms with Crippen LogP contribution in [0.25, 0.3) is 0 Å². The SMILES string of the molecule is O=C(O)c1cc(N2CCCC2=O)cc(N2C(=O)[C@@]3(C[C@@H]3c3ccc(Cl)cc3)c3ccccc32)c1.O=C(O)c1cc(N2CCCC2=O)cc(N2C(=O)[C@]3(C[C@H]3c3ccc(Cl)cc3)c3ccccc32)c1. The highest BCUT2D eigenvalue weighted by Gasteiger charge is 2.68. The third-order valence-electron chi connectivity index (χ3n) is 14.5. The third kappa shape index (κ3) is 6.87. The van der Waals surface area contributed by atoms with Gasteiger partial charge in [-0.15, -0.1) is 0 Å². The van der Waals surface area contributed by atoms with Crippen molar-refractivity contribution in [1.29, 1.82) is 0 Å². The van der Waals surface area contributed by atoms with Gasteiger partial charge in [-0.2, -0.15) is 0 Å². The van der Waals surface area contributed by atoms with E-state index in [2.05, 4.69) is 0 Å². The van der Waals surface area contributed by atoms with E-state index in [1.165, 1.54) is 24.3 Å². The topological polar surface area (TPSA) is 156 Å². The average Bonchev–Trinajstić information content (AvgIpc) is 4.08. The van der Waals surface area contributed by atoms with E-state index in [9.17, 15) is 39.0 Å². The number of nitrogens with zero attached hydrogens (tertiary/aromatic N) is 4. The number of halogens is 2. The zero-order valence-corrected chi connectivity index (χ0v) is 37.9. The van der Waals surface area contributed by atoms with Crippen molar-refractivity contribution < 1.29 is 39.0 Å². The molecule has 0 aromatic heterocycles. The van der Waals surface area contributed by atoms with Crippen molar-refractivity contribution in [2.45, 2.75) is 61.2 Å². The normalized spacial score (nSPS) is 23.0. The number of hydrogen-bond donors (Lipinski definition) is 2. The van der Waals surface area contributed by atoms with Gasteiger partial charge in [0, 0.05) is 59.2 Å². The van der Waals surface area contributed by atoms with Gasteiger partial charge in [0.2, 0.25) is 23.6 Å². The minimum atomic E-state index is -1.10. The molecule has 12 rings (SSSR count). The number of carbonyl (C=O) groups excluding carboxylic acids is 4. The fraction of sp³-hybridized carbons (Fsp3) is 0.222. The zero-order chi connectivity index (χ0) is 47.2. The first-order valence-electron chi connectivity index (χ1n) is 22.6. The molecular formula is C54H42Cl2N4O8. The number of rotatable bonds is 8. The maximum Gasteiger partial charge on any atom is 0.335 e. The van der Waals surface area contributed by atoms with Crippen molar-refractivity contribution in [1.82, 2.24) is 0 Å². The van der Waals surface area contributed by atoms with Gasteiger partial charge in [0.1, 0.15) is 0 Å². The molecular weight excluding hydrogens is 904 g/mol. The van der Waals surface area contributed by atoms with E-state index in [0.29, 0.717) is 71.6 Å². The van der Waals surface area contributed by atoms with E-state index in [1.807, 2.05) is 97.1 Å². The van der Waals surface area contributed by atoms with Crippen LogP contribution in [0.2, 0.25) is 10.0 Å². The van der Waals surface area contributed by atoms with E-state index in [1.54, 1.807) is 31.7 Å². The molecule has 6 aromatic rings. The van der Waals surface area contributed by atoms with Crippen LogP contribution in [-0.2, 0) is 30.0 Å². The molecule has 2 saturated carbocycles. The van der Waals surface area contributed by atoms with E-state index >= 15 is 0 Å². The highest BCUT2D eigenvalue weighted by molar-refractivity contribution is 6.31. The lowest BCUT2D eigenvalue weighted by Gasteiger charge is -2.23. The number of hydrogen-bond acceptors (Lipinski definition) is 6. The number of aromatic carboxylic acids is 2. The summed E-state index contributed by atoms with van der Waals surface area (Å²) >= 11 is 12.1. The summed E-state index contributed by atoms with van der Waals surface area (Å²) < 4.78 is 0. The molecule has 68 heavy (non-hydrogen) atoms. The summed E-state index contributed by atoms with van der Waals surface area (Å²) in [6.07, 6.45) is 3.67. The molecule has 6 aliphatic rings. The number of carboxylic acids is 2. The first-order chi connectivity index (χ1) is 32.8. The monoisotopic (exact) mass is 944 g/mol. The smallest absolute Gasteiger partial charge is 0.335 e. The maximum absolute atomic E-state index is 14.0. The largest absolute Gasteiger partial charge is 0.478 e. The predicted molar refractivity (Wildman–Crippen MR) is 258 cm³/mol. The molecule has 0 unspecified atom stereocenters. The summed E-state index contributed by atoms with van der Waals surface area (Å²) in [5, 5.41) is 20.8. The van der Waals surface area contributed by atoms with Crippen LogP contribution in [0.3, 0.4) is 0 Å². The van der Waals surface area contributed by atoms with Crippen LogP contribution in [0.4, 0.5) is 34.1 Å². The Kier molecular flexibility index (Phi) is 10.3. The number of para-hydroxylation sites is 2. The van der Waals surface area contributed by atoms with Crippen LogP contribution in [0.1, 0.15) is 93.3 Å². The van der Waals surface area contributed by atoms with Crippen LogP contribution in [0.15, 0.2) is 133 Å². The molecule has 4 amide bonds. The van der Waals surface area contributed by atoms with Crippen LogP contribution in [-0.4, -0.2) is 58.9 Å². The number of carbonyl (C=O) groups is 6. The second-order valence-electron chi connectivity index (χ2n) is 18.3. The summed E-state index contributed by atoms with van der Waals surface area (Å²) in [7, 11) is 0. The minimum Gasteiger partial charge on any atom is -0.478 e. The fourth-order valence-electron chi connectivity index (χ4n) is 11.1. The maximum atomic E-state index is 14.0. The molecule has 2 aliphatic carbocycles. The molecule has 6 aromatic carbocycles. The number of carboxylic acid groups (broad SMARTS) is 2. The lowest BCUT2D eigenvalue weighted by atomic mass is 9.92. The van der Waals surface area contributed by atoms with Gasteiger partial charge in [-0.05, 0) is 121 Å². The molecule has 14 heteroatoms. The highest BCUT2D eigenvalue weighted by atomic mass is 35.5. The standard InChI is InChI=1S/2C27H21ClN2O4/c2*28-18-9-7-16(8-10-18)22-15-27(22)21-4-1-2-5-23(21)30(26(27)34)20-13-17(25(32)33)12-19(14-20)29-11-3-6-24(29)31/h2*1-2,4-5,7-10,12-14,22H,3,6,11,15H2,(H,32,33)/t2*22-,27+/m10/s1. The van der Waals surface area contributed by atoms with Crippen molar-refractivity contribution >= 4 is 92.9 Å². The van der Waals surface area contributed by atoms with Gasteiger partial charge in [0.05, 0.1) is 44.7 Å². The zero-order valence-electron chi connectivity index (χ0n) is 36.4. The summed E-state index contributed by atoms with van der Waals surface area (Å²) in [5.41, 5.74) is 6.16. The molecule has 12 nitrogen and oxygen atoms in total. The Hall–Kier alpha value is -7.28. The van der Waals surface area contributed by atoms with Crippen LogP contribution in [0, 0.1) is 0 Å². The third-order valence-corrected chi connectivity index (χ3v) is 15.0. The first kappa shape index (κ1) is 43.3. The highest BCUT2D eigenvalue weighted by Crippen LogP contribution is 2.68. The van der Waals surface area contributed by atoms with Gasteiger partial charge in [0.15, 0.2) is 0 Å². The fourth-order valence-corrected chi connectivity index (χ4v) is 11.3. The lowest BCUT2D eigenvalue weighted by molar-refractivity contribution is -0.120. The molecule has 4 fully saturated rings. The average molecular weight is 946 g/mol. The Balaban J connectivity index is 0.000000149. The number of anilines is 6.